The van der Waals surface area contributed by atoms with Crippen LogP contribution in [0.15, 0.2) is 17.3 Å². The summed E-state index contributed by atoms with van der Waals surface area (Å²) in [6, 6.07) is 0.147. The predicted octanol–water partition coefficient (Wildman–Crippen LogP) is 0.158. The Balaban J connectivity index is 1.83. The highest BCUT2D eigenvalue weighted by atomic mass is 32.2. The maximum atomic E-state index is 12.4. The van der Waals surface area contributed by atoms with Crippen molar-refractivity contribution in [3.8, 4) is 0 Å². The molecule has 1 aromatic rings. The van der Waals surface area contributed by atoms with Gasteiger partial charge in [0.05, 0.1) is 6.20 Å². The van der Waals surface area contributed by atoms with Gasteiger partial charge in [0.1, 0.15) is 4.90 Å². The van der Waals surface area contributed by atoms with E-state index in [2.05, 4.69) is 10.2 Å². The Labute approximate surface area is 107 Å². The first-order chi connectivity index (χ1) is 8.59. The number of aromatic nitrogens is 2. The number of sulfonamides is 1. The standard InChI is InChI=1S/C11H18N4O2S/c12-11-3-1-2-8-6-15(7-10(8)11)18(16,17)9-4-13-14-5-9/h4-5,8,10-11H,1-3,6-7,12H2,(H,13,14). The number of hydrogen-bond acceptors (Lipinski definition) is 4. The van der Waals surface area contributed by atoms with Crippen LogP contribution in [0.5, 0.6) is 0 Å². The maximum absolute atomic E-state index is 12.4. The molecule has 0 aromatic carbocycles. The topological polar surface area (TPSA) is 92.1 Å². The van der Waals surface area contributed by atoms with Crippen molar-refractivity contribution in [3.63, 3.8) is 0 Å². The van der Waals surface area contributed by atoms with Gasteiger partial charge in [-0.1, -0.05) is 6.42 Å². The lowest BCUT2D eigenvalue weighted by Gasteiger charge is -2.29. The highest BCUT2D eigenvalue weighted by molar-refractivity contribution is 7.89. The van der Waals surface area contributed by atoms with Gasteiger partial charge >= 0.3 is 0 Å². The van der Waals surface area contributed by atoms with Crippen LogP contribution < -0.4 is 5.73 Å². The zero-order chi connectivity index (χ0) is 12.8. The maximum Gasteiger partial charge on any atom is 0.246 e. The normalized spacial score (nSPS) is 33.5. The van der Waals surface area contributed by atoms with Crippen molar-refractivity contribution in [3.05, 3.63) is 12.4 Å². The minimum Gasteiger partial charge on any atom is -0.327 e. The molecule has 6 nitrogen and oxygen atoms in total. The Kier molecular flexibility index (Phi) is 2.91. The fraction of sp³-hybridized carbons (Fsp3) is 0.727. The predicted molar refractivity (Wildman–Crippen MR) is 66.2 cm³/mol. The summed E-state index contributed by atoms with van der Waals surface area (Å²) < 4.78 is 26.3. The molecule has 0 bridgehead atoms. The number of H-pyrrole nitrogens is 1. The van der Waals surface area contributed by atoms with Crippen LogP contribution in [0.25, 0.3) is 0 Å². The van der Waals surface area contributed by atoms with Crippen LogP contribution in [0.4, 0.5) is 0 Å². The molecule has 3 rings (SSSR count). The summed E-state index contributed by atoms with van der Waals surface area (Å²) in [5, 5.41) is 6.26. The molecule has 2 aliphatic rings. The van der Waals surface area contributed by atoms with Crippen LogP contribution in [0.1, 0.15) is 19.3 Å². The lowest BCUT2D eigenvalue weighted by molar-refractivity contribution is 0.260. The van der Waals surface area contributed by atoms with E-state index in [0.29, 0.717) is 24.9 Å². The van der Waals surface area contributed by atoms with Crippen molar-refractivity contribution in [2.24, 2.45) is 17.6 Å². The molecule has 1 aliphatic carbocycles. The minimum atomic E-state index is -3.39. The summed E-state index contributed by atoms with van der Waals surface area (Å²) in [5.41, 5.74) is 6.10. The number of hydrogen-bond donors (Lipinski definition) is 2. The van der Waals surface area contributed by atoms with Crippen molar-refractivity contribution in [2.75, 3.05) is 13.1 Å². The van der Waals surface area contributed by atoms with Gasteiger partial charge in [-0.25, -0.2) is 8.42 Å². The van der Waals surface area contributed by atoms with Crippen molar-refractivity contribution in [1.29, 1.82) is 0 Å². The van der Waals surface area contributed by atoms with E-state index in [-0.39, 0.29) is 10.9 Å². The highest BCUT2D eigenvalue weighted by Crippen LogP contribution is 2.37. The van der Waals surface area contributed by atoms with Crippen molar-refractivity contribution in [2.45, 2.75) is 30.2 Å². The number of nitrogens with two attached hydrogens (primary N) is 1. The van der Waals surface area contributed by atoms with E-state index < -0.39 is 10.0 Å². The third-order valence-corrected chi connectivity index (χ3v) is 6.03. The SMILES string of the molecule is NC1CCCC2CN(S(=O)(=O)c3cn[nH]c3)CC12. The molecule has 0 spiro atoms. The largest absolute Gasteiger partial charge is 0.327 e. The zero-order valence-electron chi connectivity index (χ0n) is 10.1. The van der Waals surface area contributed by atoms with Crippen LogP contribution in [0.2, 0.25) is 0 Å². The first kappa shape index (κ1) is 12.1. The lowest BCUT2D eigenvalue weighted by atomic mass is 9.78. The van der Waals surface area contributed by atoms with Crippen molar-refractivity contribution >= 4 is 10.0 Å². The van der Waals surface area contributed by atoms with Crippen LogP contribution in [0.3, 0.4) is 0 Å². The molecule has 1 aromatic heterocycles. The van der Waals surface area contributed by atoms with Gasteiger partial charge in [0, 0.05) is 25.3 Å². The van der Waals surface area contributed by atoms with Gasteiger partial charge < -0.3 is 5.73 Å². The fourth-order valence-electron chi connectivity index (χ4n) is 3.20. The molecule has 3 atom stereocenters. The van der Waals surface area contributed by atoms with E-state index in [9.17, 15) is 8.42 Å². The molecular formula is C11H18N4O2S. The molecule has 18 heavy (non-hydrogen) atoms. The number of nitrogens with zero attached hydrogens (tertiary/aromatic N) is 2. The molecule has 2 heterocycles. The van der Waals surface area contributed by atoms with E-state index >= 15 is 0 Å². The van der Waals surface area contributed by atoms with Gasteiger partial charge in [0.15, 0.2) is 0 Å². The van der Waals surface area contributed by atoms with E-state index in [4.69, 9.17) is 5.73 Å². The van der Waals surface area contributed by atoms with Gasteiger partial charge in [-0.3, -0.25) is 5.10 Å². The van der Waals surface area contributed by atoms with Crippen LogP contribution >= 0.6 is 0 Å². The van der Waals surface area contributed by atoms with Gasteiger partial charge in [-0.15, -0.1) is 0 Å². The number of aromatic amines is 1. The van der Waals surface area contributed by atoms with E-state index in [1.165, 1.54) is 12.4 Å². The smallest absolute Gasteiger partial charge is 0.246 e. The summed E-state index contributed by atoms with van der Waals surface area (Å²) in [7, 11) is -3.39. The first-order valence-corrected chi connectivity index (χ1v) is 7.77. The molecular weight excluding hydrogens is 252 g/mol. The van der Waals surface area contributed by atoms with Gasteiger partial charge in [0.25, 0.3) is 0 Å². The summed E-state index contributed by atoms with van der Waals surface area (Å²) >= 11 is 0. The molecule has 3 unspecified atom stereocenters. The Morgan fingerprint density at radius 2 is 2.22 bits per heavy atom. The number of nitrogens with one attached hydrogen (secondary N) is 1. The molecule has 0 radical (unpaired) electrons. The van der Waals surface area contributed by atoms with Crippen molar-refractivity contribution < 1.29 is 8.42 Å². The second-order valence-electron chi connectivity index (χ2n) is 5.27. The van der Waals surface area contributed by atoms with Gasteiger partial charge in [-0.2, -0.15) is 9.40 Å². The molecule has 3 N–H and O–H groups in total. The van der Waals surface area contributed by atoms with Crippen LogP contribution in [0, 0.1) is 11.8 Å². The average molecular weight is 270 g/mol. The average Bonchev–Trinajstić information content (AvgIpc) is 2.99. The Morgan fingerprint density at radius 3 is 2.89 bits per heavy atom. The van der Waals surface area contributed by atoms with Crippen LogP contribution in [-0.4, -0.2) is 42.1 Å². The van der Waals surface area contributed by atoms with Gasteiger partial charge in [-0.05, 0) is 24.7 Å². The summed E-state index contributed by atoms with van der Waals surface area (Å²) in [5.74, 6) is 0.746. The summed E-state index contributed by atoms with van der Waals surface area (Å²) in [4.78, 5) is 0.245. The molecule has 1 aliphatic heterocycles. The van der Waals surface area contributed by atoms with Crippen LogP contribution in [-0.2, 0) is 10.0 Å². The third-order valence-electron chi connectivity index (χ3n) is 4.23. The second kappa shape index (κ2) is 4.32. The summed E-state index contributed by atoms with van der Waals surface area (Å²) in [6.07, 6.45) is 6.01. The Hall–Kier alpha value is -0.920. The fourth-order valence-corrected chi connectivity index (χ4v) is 4.64. The molecule has 100 valence electrons. The van der Waals surface area contributed by atoms with E-state index in [1.54, 1.807) is 4.31 Å². The number of rotatable bonds is 2. The monoisotopic (exact) mass is 270 g/mol. The lowest BCUT2D eigenvalue weighted by Crippen LogP contribution is -2.38. The zero-order valence-corrected chi connectivity index (χ0v) is 10.9. The first-order valence-electron chi connectivity index (χ1n) is 6.33. The minimum absolute atomic E-state index is 0.147. The molecule has 2 fully saturated rings. The molecule has 7 heteroatoms. The Bertz CT molecular complexity index is 513. The molecule has 1 saturated heterocycles. The molecule has 0 amide bonds. The Morgan fingerprint density at radius 1 is 1.39 bits per heavy atom. The second-order valence-corrected chi connectivity index (χ2v) is 7.21. The van der Waals surface area contributed by atoms with E-state index in [1.807, 2.05) is 0 Å². The van der Waals surface area contributed by atoms with E-state index in [0.717, 1.165) is 19.3 Å². The molecule has 1 saturated carbocycles. The quantitative estimate of drug-likeness (QED) is 0.800. The third kappa shape index (κ3) is 1.86. The number of fused-ring (bicyclic) bond motifs is 1. The summed E-state index contributed by atoms with van der Waals surface area (Å²) in [6.45, 7) is 1.16. The highest BCUT2D eigenvalue weighted by Gasteiger charge is 2.43. The van der Waals surface area contributed by atoms with Gasteiger partial charge in [0.2, 0.25) is 10.0 Å². The van der Waals surface area contributed by atoms with Crippen molar-refractivity contribution in [1.82, 2.24) is 14.5 Å².